The first-order chi connectivity index (χ1) is 11.8. The summed E-state index contributed by atoms with van der Waals surface area (Å²) in [6, 6.07) is 5.96. The zero-order chi connectivity index (χ0) is 16.4. The predicted molar refractivity (Wildman–Crippen MR) is 94.3 cm³/mol. The molecule has 1 fully saturated rings. The molecule has 0 spiro atoms. The van der Waals surface area contributed by atoms with Gasteiger partial charge in [0.15, 0.2) is 0 Å². The van der Waals surface area contributed by atoms with E-state index in [0.717, 1.165) is 51.0 Å². The van der Waals surface area contributed by atoms with Crippen LogP contribution in [0.2, 0.25) is 0 Å². The second-order valence-corrected chi connectivity index (χ2v) is 6.98. The van der Waals surface area contributed by atoms with Crippen LogP contribution in [0.15, 0.2) is 35.4 Å². The number of fused-ring (bicyclic) bond motifs is 1. The Bertz CT molecular complexity index is 748. The number of nitrogens with zero attached hydrogens (tertiary/aromatic N) is 4. The van der Waals surface area contributed by atoms with E-state index in [2.05, 4.69) is 27.1 Å². The molecule has 0 saturated carbocycles. The topological polar surface area (TPSA) is 51.0 Å². The van der Waals surface area contributed by atoms with Crippen molar-refractivity contribution >= 4 is 5.69 Å². The molecule has 1 aliphatic carbocycles. The quantitative estimate of drug-likeness (QED) is 0.870. The highest BCUT2D eigenvalue weighted by Gasteiger charge is 2.21. The number of anilines is 1. The van der Waals surface area contributed by atoms with Crippen LogP contribution < -0.4 is 10.5 Å². The van der Waals surface area contributed by atoms with E-state index in [4.69, 9.17) is 0 Å². The van der Waals surface area contributed by atoms with E-state index in [1.165, 1.54) is 24.1 Å². The summed E-state index contributed by atoms with van der Waals surface area (Å²) in [5.41, 5.74) is 3.64. The first-order valence-corrected chi connectivity index (χ1v) is 9.04. The molecule has 5 heteroatoms. The van der Waals surface area contributed by atoms with Crippen LogP contribution in [0.5, 0.6) is 0 Å². The monoisotopic (exact) mass is 324 g/mol. The van der Waals surface area contributed by atoms with Gasteiger partial charge in [-0.25, -0.2) is 4.68 Å². The molecular formula is C19H24N4O. The second kappa shape index (κ2) is 6.75. The number of rotatable bonds is 3. The highest BCUT2D eigenvalue weighted by molar-refractivity contribution is 5.44. The van der Waals surface area contributed by atoms with Crippen LogP contribution in [0.25, 0.3) is 0 Å². The van der Waals surface area contributed by atoms with Crippen molar-refractivity contribution in [1.29, 1.82) is 0 Å². The smallest absolute Gasteiger partial charge is 0.267 e. The minimum absolute atomic E-state index is 0.0761. The van der Waals surface area contributed by atoms with E-state index in [-0.39, 0.29) is 5.56 Å². The fourth-order valence-corrected chi connectivity index (χ4v) is 3.90. The molecule has 1 aliphatic heterocycles. The molecule has 1 saturated heterocycles. The van der Waals surface area contributed by atoms with Gasteiger partial charge in [0.25, 0.3) is 5.56 Å². The van der Waals surface area contributed by atoms with Gasteiger partial charge in [-0.3, -0.25) is 9.78 Å². The Morgan fingerprint density at radius 2 is 1.83 bits per heavy atom. The zero-order valence-corrected chi connectivity index (χ0v) is 14.0. The van der Waals surface area contributed by atoms with E-state index in [9.17, 15) is 4.79 Å². The molecule has 4 rings (SSSR count). The van der Waals surface area contributed by atoms with Gasteiger partial charge in [-0.05, 0) is 62.1 Å². The van der Waals surface area contributed by atoms with Crippen LogP contribution in [0.4, 0.5) is 5.69 Å². The predicted octanol–water partition coefficient (Wildman–Crippen LogP) is 2.43. The van der Waals surface area contributed by atoms with Crippen molar-refractivity contribution < 1.29 is 0 Å². The summed E-state index contributed by atoms with van der Waals surface area (Å²) in [5, 5.41) is 4.67. The lowest BCUT2D eigenvalue weighted by atomic mass is 9.95. The lowest BCUT2D eigenvalue weighted by molar-refractivity contribution is 0.332. The highest BCUT2D eigenvalue weighted by Crippen LogP contribution is 2.24. The van der Waals surface area contributed by atoms with Crippen molar-refractivity contribution in [1.82, 2.24) is 14.8 Å². The van der Waals surface area contributed by atoms with E-state index >= 15 is 0 Å². The number of hydrogen-bond acceptors (Lipinski definition) is 4. The van der Waals surface area contributed by atoms with Gasteiger partial charge in [-0.15, -0.1) is 0 Å². The average molecular weight is 324 g/mol. The van der Waals surface area contributed by atoms with Crippen LogP contribution in [0.3, 0.4) is 0 Å². The van der Waals surface area contributed by atoms with Crippen molar-refractivity contribution in [3.63, 3.8) is 0 Å². The summed E-state index contributed by atoms with van der Waals surface area (Å²) in [4.78, 5) is 18.8. The third kappa shape index (κ3) is 3.21. The van der Waals surface area contributed by atoms with Crippen LogP contribution in [-0.4, -0.2) is 27.9 Å². The van der Waals surface area contributed by atoms with Gasteiger partial charge >= 0.3 is 0 Å². The average Bonchev–Trinajstić information content (AvgIpc) is 2.64. The van der Waals surface area contributed by atoms with Gasteiger partial charge in [0, 0.05) is 43.8 Å². The lowest BCUT2D eigenvalue weighted by Gasteiger charge is -2.33. The molecule has 0 unspecified atom stereocenters. The SMILES string of the molecule is O=c1cc2c(nn1CC1CCN(c3ccncc3)CC1)CCCC2. The molecule has 0 N–H and O–H groups in total. The summed E-state index contributed by atoms with van der Waals surface area (Å²) in [6.45, 7) is 2.83. The normalized spacial score (nSPS) is 18.4. The number of hydrogen-bond donors (Lipinski definition) is 0. The molecule has 126 valence electrons. The minimum Gasteiger partial charge on any atom is -0.371 e. The van der Waals surface area contributed by atoms with Crippen molar-refractivity contribution in [3.05, 3.63) is 52.2 Å². The third-order valence-corrected chi connectivity index (χ3v) is 5.35. The molecule has 0 radical (unpaired) electrons. The standard InChI is InChI=1S/C19H24N4O/c24-19-13-16-3-1-2-4-18(16)21-23(19)14-15-7-11-22(12-8-15)17-5-9-20-10-6-17/h5-6,9-10,13,15H,1-4,7-8,11-12,14H2. The van der Waals surface area contributed by atoms with Crippen molar-refractivity contribution in [2.75, 3.05) is 18.0 Å². The molecular weight excluding hydrogens is 300 g/mol. The van der Waals surface area contributed by atoms with E-state index < -0.39 is 0 Å². The fourth-order valence-electron chi connectivity index (χ4n) is 3.90. The summed E-state index contributed by atoms with van der Waals surface area (Å²) in [5.74, 6) is 0.537. The Kier molecular flexibility index (Phi) is 4.32. The minimum atomic E-state index is 0.0761. The van der Waals surface area contributed by atoms with E-state index in [1.54, 1.807) is 4.68 Å². The van der Waals surface area contributed by atoms with Crippen molar-refractivity contribution in [3.8, 4) is 0 Å². The van der Waals surface area contributed by atoms with Crippen LogP contribution >= 0.6 is 0 Å². The Balaban J connectivity index is 1.41. The van der Waals surface area contributed by atoms with Crippen LogP contribution in [0.1, 0.15) is 36.9 Å². The van der Waals surface area contributed by atoms with Gasteiger partial charge in [0.2, 0.25) is 0 Å². The second-order valence-electron chi connectivity index (χ2n) is 6.98. The third-order valence-electron chi connectivity index (χ3n) is 5.35. The van der Waals surface area contributed by atoms with Gasteiger partial charge in [0.05, 0.1) is 5.69 Å². The maximum Gasteiger partial charge on any atom is 0.267 e. The molecule has 0 bridgehead atoms. The first kappa shape index (κ1) is 15.4. The maximum atomic E-state index is 12.3. The number of aryl methyl sites for hydroxylation is 2. The van der Waals surface area contributed by atoms with Crippen molar-refractivity contribution in [2.45, 2.75) is 45.1 Å². The van der Waals surface area contributed by atoms with Gasteiger partial charge < -0.3 is 4.90 Å². The first-order valence-electron chi connectivity index (χ1n) is 9.04. The molecule has 24 heavy (non-hydrogen) atoms. The highest BCUT2D eigenvalue weighted by atomic mass is 16.1. The Morgan fingerprint density at radius 1 is 1.08 bits per heavy atom. The van der Waals surface area contributed by atoms with Gasteiger partial charge in [-0.2, -0.15) is 5.10 Å². The van der Waals surface area contributed by atoms with Crippen LogP contribution in [-0.2, 0) is 19.4 Å². The summed E-state index contributed by atoms with van der Waals surface area (Å²) < 4.78 is 1.72. The van der Waals surface area contributed by atoms with E-state index in [0.29, 0.717) is 5.92 Å². The lowest BCUT2D eigenvalue weighted by Crippen LogP contribution is -2.37. The molecule has 0 atom stereocenters. The molecule has 2 aliphatic rings. The van der Waals surface area contributed by atoms with Gasteiger partial charge in [-0.1, -0.05) is 0 Å². The number of pyridine rings is 1. The molecule has 3 heterocycles. The Hall–Kier alpha value is -2.17. The Labute approximate surface area is 142 Å². The summed E-state index contributed by atoms with van der Waals surface area (Å²) in [6.07, 6.45) is 10.3. The number of aromatic nitrogens is 3. The summed E-state index contributed by atoms with van der Waals surface area (Å²) >= 11 is 0. The van der Waals surface area contributed by atoms with E-state index in [1.807, 2.05) is 18.5 Å². The largest absolute Gasteiger partial charge is 0.371 e. The Morgan fingerprint density at radius 3 is 2.62 bits per heavy atom. The molecule has 0 amide bonds. The zero-order valence-electron chi connectivity index (χ0n) is 14.0. The van der Waals surface area contributed by atoms with Crippen molar-refractivity contribution in [2.24, 2.45) is 5.92 Å². The molecule has 5 nitrogen and oxygen atoms in total. The molecule has 2 aromatic heterocycles. The molecule has 2 aromatic rings. The van der Waals surface area contributed by atoms with Gasteiger partial charge in [0.1, 0.15) is 0 Å². The molecule has 0 aromatic carbocycles. The van der Waals surface area contributed by atoms with Crippen LogP contribution in [0, 0.1) is 5.92 Å². The fraction of sp³-hybridized carbons (Fsp3) is 0.526. The maximum absolute atomic E-state index is 12.3. The summed E-state index contributed by atoms with van der Waals surface area (Å²) in [7, 11) is 0. The number of piperidine rings is 1.